The molecule has 0 unspecified atom stereocenters. The normalized spacial score (nSPS) is 12.0. The smallest absolute Gasteiger partial charge is 0.0570 e. The Labute approximate surface area is 145 Å². The van der Waals surface area contributed by atoms with E-state index in [0.717, 1.165) is 30.4 Å². The maximum atomic E-state index is 4.16. The van der Waals surface area contributed by atoms with Crippen molar-refractivity contribution in [3.8, 4) is 0 Å². The number of rotatable bonds is 7. The zero-order valence-corrected chi connectivity index (χ0v) is 14.9. The van der Waals surface area contributed by atoms with E-state index in [1.165, 1.54) is 16.7 Å². The molecular formula is C22H26N2. The van der Waals surface area contributed by atoms with Gasteiger partial charge in [-0.2, -0.15) is 10.2 Å². The zero-order chi connectivity index (χ0) is 17.2. The van der Waals surface area contributed by atoms with Gasteiger partial charge in [0, 0.05) is 0 Å². The van der Waals surface area contributed by atoms with Crippen LogP contribution in [0.2, 0.25) is 0 Å². The number of aryl methyl sites for hydroxylation is 3. The molecule has 2 aromatic carbocycles. The molecule has 0 atom stereocenters. The van der Waals surface area contributed by atoms with Gasteiger partial charge in [-0.1, -0.05) is 67.1 Å². The van der Waals surface area contributed by atoms with Crippen molar-refractivity contribution in [2.75, 3.05) is 0 Å². The summed E-state index contributed by atoms with van der Waals surface area (Å²) in [5.41, 5.74) is 6.01. The van der Waals surface area contributed by atoms with E-state index in [-0.39, 0.29) is 0 Å². The van der Waals surface area contributed by atoms with Crippen molar-refractivity contribution in [3.63, 3.8) is 0 Å². The van der Waals surface area contributed by atoms with Crippen molar-refractivity contribution in [2.45, 2.75) is 40.0 Å². The first-order chi connectivity index (χ1) is 11.7. The lowest BCUT2D eigenvalue weighted by Gasteiger charge is -2.00. The van der Waals surface area contributed by atoms with Crippen molar-refractivity contribution in [1.82, 2.24) is 0 Å². The van der Waals surface area contributed by atoms with E-state index in [1.54, 1.807) is 12.4 Å². The summed E-state index contributed by atoms with van der Waals surface area (Å²) in [6.45, 7) is 6.34. The van der Waals surface area contributed by atoms with Crippen LogP contribution >= 0.6 is 0 Å². The standard InChI is InChI=1S/C22H26N2/c1-4-5-6-7-8-20-10-12-21(13-11-20)16-23-24-17-22-14-9-18(2)15-19(22)3/h5-6,9-17H,4,7-8H2,1-3H3. The number of hydrogen-bond acceptors (Lipinski definition) is 2. The summed E-state index contributed by atoms with van der Waals surface area (Å²) in [6.07, 6.45) is 11.4. The number of hydrogen-bond donors (Lipinski definition) is 0. The molecule has 0 heterocycles. The Morgan fingerprint density at radius 1 is 0.875 bits per heavy atom. The summed E-state index contributed by atoms with van der Waals surface area (Å²) in [5, 5.41) is 8.31. The van der Waals surface area contributed by atoms with Crippen molar-refractivity contribution in [1.29, 1.82) is 0 Å². The molecule has 0 radical (unpaired) electrons. The molecule has 0 spiro atoms. The molecule has 0 aliphatic heterocycles. The quantitative estimate of drug-likeness (QED) is 0.358. The second-order valence-electron chi connectivity index (χ2n) is 6.01. The van der Waals surface area contributed by atoms with E-state index in [9.17, 15) is 0 Å². The van der Waals surface area contributed by atoms with Crippen LogP contribution in [0.4, 0.5) is 0 Å². The third kappa shape index (κ3) is 5.96. The molecule has 2 rings (SSSR count). The fraction of sp³-hybridized carbons (Fsp3) is 0.273. The van der Waals surface area contributed by atoms with Crippen LogP contribution in [0.1, 0.15) is 47.6 Å². The van der Waals surface area contributed by atoms with E-state index >= 15 is 0 Å². The lowest BCUT2D eigenvalue weighted by atomic mass is 10.1. The first kappa shape index (κ1) is 17.9. The molecule has 0 amide bonds. The highest BCUT2D eigenvalue weighted by molar-refractivity contribution is 5.83. The predicted octanol–water partition coefficient (Wildman–Crippen LogP) is 5.66. The molecule has 2 heteroatoms. The Balaban J connectivity index is 1.89. The summed E-state index contributed by atoms with van der Waals surface area (Å²) < 4.78 is 0. The van der Waals surface area contributed by atoms with Crippen molar-refractivity contribution in [2.24, 2.45) is 10.2 Å². The highest BCUT2D eigenvalue weighted by Crippen LogP contribution is 2.08. The van der Waals surface area contributed by atoms with Gasteiger partial charge in [-0.3, -0.25) is 0 Å². The van der Waals surface area contributed by atoms with Gasteiger partial charge in [-0.15, -0.1) is 0 Å². The summed E-state index contributed by atoms with van der Waals surface area (Å²) in [4.78, 5) is 0. The molecule has 0 saturated heterocycles. The molecular weight excluding hydrogens is 292 g/mol. The Hall–Kier alpha value is -2.48. The third-order valence-corrected chi connectivity index (χ3v) is 3.88. The SMILES string of the molecule is CCC=CCCc1ccc(C=NN=Cc2ccc(C)cc2C)cc1. The predicted molar refractivity (Wildman–Crippen MR) is 105 cm³/mol. The average molecular weight is 318 g/mol. The maximum Gasteiger partial charge on any atom is 0.0570 e. The minimum Gasteiger partial charge on any atom is -0.159 e. The lowest BCUT2D eigenvalue weighted by Crippen LogP contribution is -1.88. The molecule has 0 fully saturated rings. The summed E-state index contributed by atoms with van der Waals surface area (Å²) in [7, 11) is 0. The fourth-order valence-electron chi connectivity index (χ4n) is 2.47. The summed E-state index contributed by atoms with van der Waals surface area (Å²) >= 11 is 0. The van der Waals surface area contributed by atoms with Crippen LogP contribution in [0.5, 0.6) is 0 Å². The molecule has 0 aliphatic rings. The minimum absolute atomic E-state index is 1.07. The van der Waals surface area contributed by atoms with E-state index in [4.69, 9.17) is 0 Å². The second-order valence-corrected chi connectivity index (χ2v) is 6.01. The van der Waals surface area contributed by atoms with Crippen LogP contribution in [0.25, 0.3) is 0 Å². The van der Waals surface area contributed by atoms with Crippen molar-refractivity contribution < 1.29 is 0 Å². The van der Waals surface area contributed by atoms with Crippen LogP contribution < -0.4 is 0 Å². The average Bonchev–Trinajstić information content (AvgIpc) is 2.58. The molecule has 0 N–H and O–H groups in total. The van der Waals surface area contributed by atoms with Gasteiger partial charge < -0.3 is 0 Å². The molecule has 124 valence electrons. The van der Waals surface area contributed by atoms with Gasteiger partial charge >= 0.3 is 0 Å². The van der Waals surface area contributed by atoms with Gasteiger partial charge in [0.2, 0.25) is 0 Å². The first-order valence-corrected chi connectivity index (χ1v) is 8.56. The van der Waals surface area contributed by atoms with E-state index in [2.05, 4.69) is 85.6 Å². The highest BCUT2D eigenvalue weighted by Gasteiger charge is 1.94. The largest absolute Gasteiger partial charge is 0.159 e. The number of benzene rings is 2. The Bertz CT molecular complexity index is 722. The number of nitrogens with zero attached hydrogens (tertiary/aromatic N) is 2. The Morgan fingerprint density at radius 2 is 1.62 bits per heavy atom. The van der Waals surface area contributed by atoms with Gasteiger partial charge in [0.1, 0.15) is 0 Å². The highest BCUT2D eigenvalue weighted by atomic mass is 15.2. The van der Waals surface area contributed by atoms with Gasteiger partial charge in [0.15, 0.2) is 0 Å². The zero-order valence-electron chi connectivity index (χ0n) is 14.9. The van der Waals surface area contributed by atoms with Gasteiger partial charge in [0.05, 0.1) is 12.4 Å². The summed E-state index contributed by atoms with van der Waals surface area (Å²) in [6, 6.07) is 14.8. The van der Waals surface area contributed by atoms with E-state index in [0.29, 0.717) is 0 Å². The van der Waals surface area contributed by atoms with E-state index in [1.807, 2.05) is 0 Å². The minimum atomic E-state index is 1.07. The topological polar surface area (TPSA) is 24.7 Å². The van der Waals surface area contributed by atoms with Crippen LogP contribution in [0, 0.1) is 13.8 Å². The van der Waals surface area contributed by atoms with Crippen LogP contribution in [0.15, 0.2) is 64.8 Å². The monoisotopic (exact) mass is 318 g/mol. The van der Waals surface area contributed by atoms with Crippen LogP contribution in [0.3, 0.4) is 0 Å². The Morgan fingerprint density at radius 3 is 2.33 bits per heavy atom. The molecule has 0 saturated carbocycles. The molecule has 2 aromatic rings. The number of allylic oxidation sites excluding steroid dienone is 2. The molecule has 24 heavy (non-hydrogen) atoms. The van der Waals surface area contributed by atoms with Crippen molar-refractivity contribution in [3.05, 3.63) is 82.4 Å². The lowest BCUT2D eigenvalue weighted by molar-refractivity contribution is 0.992. The first-order valence-electron chi connectivity index (χ1n) is 8.56. The van der Waals surface area contributed by atoms with Gasteiger partial charge in [0.25, 0.3) is 0 Å². The van der Waals surface area contributed by atoms with E-state index < -0.39 is 0 Å². The second kappa shape index (κ2) is 9.61. The molecule has 0 aromatic heterocycles. The van der Waals surface area contributed by atoms with Crippen molar-refractivity contribution >= 4 is 12.4 Å². The summed E-state index contributed by atoms with van der Waals surface area (Å²) in [5.74, 6) is 0. The van der Waals surface area contributed by atoms with Crippen LogP contribution in [-0.4, -0.2) is 12.4 Å². The van der Waals surface area contributed by atoms with Gasteiger partial charge in [-0.05, 0) is 55.4 Å². The van der Waals surface area contributed by atoms with Gasteiger partial charge in [-0.25, -0.2) is 0 Å². The van der Waals surface area contributed by atoms with Crippen LogP contribution in [-0.2, 0) is 6.42 Å². The third-order valence-electron chi connectivity index (χ3n) is 3.88. The molecule has 0 aliphatic carbocycles. The maximum absolute atomic E-state index is 4.16. The molecule has 2 nitrogen and oxygen atoms in total. The fourth-order valence-corrected chi connectivity index (χ4v) is 2.47. The Kier molecular flexibility index (Phi) is 7.16. The molecule has 0 bridgehead atoms.